The highest BCUT2D eigenvalue weighted by Gasteiger charge is 2.27. The third-order valence-corrected chi connectivity index (χ3v) is 4.51. The summed E-state index contributed by atoms with van der Waals surface area (Å²) in [6.45, 7) is 3.18. The van der Waals surface area contributed by atoms with Crippen LogP contribution in [0.25, 0.3) is 0 Å². The van der Waals surface area contributed by atoms with E-state index >= 15 is 0 Å². The largest absolute Gasteiger partial charge is 0.493 e. The highest BCUT2D eigenvalue weighted by Crippen LogP contribution is 2.41. The predicted molar refractivity (Wildman–Crippen MR) is 88.1 cm³/mol. The van der Waals surface area contributed by atoms with Gasteiger partial charge in [0.1, 0.15) is 13.2 Å². The van der Waals surface area contributed by atoms with E-state index in [4.69, 9.17) is 18.9 Å². The summed E-state index contributed by atoms with van der Waals surface area (Å²) in [5.41, 5.74) is 0.466. The zero-order valence-corrected chi connectivity index (χ0v) is 14.1. The van der Waals surface area contributed by atoms with Gasteiger partial charge in [0.25, 0.3) is 5.91 Å². The SMILES string of the molecule is COc1ccc(C(=O)NC[C@@H]2CCNC[C@H]2OC)c2c1OCCO2. The maximum Gasteiger partial charge on any atom is 0.255 e. The number of nitrogens with one attached hydrogen (secondary N) is 2. The quantitative estimate of drug-likeness (QED) is 0.829. The molecule has 1 aromatic carbocycles. The molecule has 1 amide bonds. The van der Waals surface area contributed by atoms with Gasteiger partial charge in [-0.2, -0.15) is 0 Å². The molecule has 0 aliphatic carbocycles. The molecule has 132 valence electrons. The molecule has 0 unspecified atom stereocenters. The number of rotatable bonds is 5. The molecule has 1 fully saturated rings. The fraction of sp³-hybridized carbons (Fsp3) is 0.588. The van der Waals surface area contributed by atoms with Crippen molar-refractivity contribution in [2.24, 2.45) is 5.92 Å². The smallest absolute Gasteiger partial charge is 0.255 e. The lowest BCUT2D eigenvalue weighted by Gasteiger charge is -2.31. The third kappa shape index (κ3) is 3.42. The number of carbonyl (C=O) groups is 1. The predicted octanol–water partition coefficient (Wildman–Crippen LogP) is 0.821. The normalized spacial score (nSPS) is 22.8. The van der Waals surface area contributed by atoms with E-state index in [9.17, 15) is 4.79 Å². The highest BCUT2D eigenvalue weighted by atomic mass is 16.6. The van der Waals surface area contributed by atoms with Crippen LogP contribution >= 0.6 is 0 Å². The molecular formula is C17H24N2O5. The van der Waals surface area contributed by atoms with Gasteiger partial charge in [-0.3, -0.25) is 4.79 Å². The van der Waals surface area contributed by atoms with Crippen LogP contribution in [0.15, 0.2) is 12.1 Å². The summed E-state index contributed by atoms with van der Waals surface area (Å²) in [6, 6.07) is 3.43. The molecule has 1 saturated heterocycles. The van der Waals surface area contributed by atoms with Crippen molar-refractivity contribution in [3.8, 4) is 17.2 Å². The summed E-state index contributed by atoms with van der Waals surface area (Å²) in [7, 11) is 3.27. The van der Waals surface area contributed by atoms with Crippen molar-refractivity contribution in [1.82, 2.24) is 10.6 Å². The van der Waals surface area contributed by atoms with Crippen LogP contribution in [0, 0.1) is 5.92 Å². The van der Waals surface area contributed by atoms with Crippen molar-refractivity contribution in [3.05, 3.63) is 17.7 Å². The Bertz CT molecular complexity index is 593. The number of methoxy groups -OCH3 is 2. The van der Waals surface area contributed by atoms with E-state index < -0.39 is 0 Å². The Balaban J connectivity index is 1.71. The second-order valence-electron chi connectivity index (χ2n) is 5.91. The van der Waals surface area contributed by atoms with E-state index in [-0.39, 0.29) is 12.0 Å². The molecule has 2 N–H and O–H groups in total. The van der Waals surface area contributed by atoms with Crippen molar-refractivity contribution in [2.45, 2.75) is 12.5 Å². The van der Waals surface area contributed by atoms with E-state index in [1.165, 1.54) is 0 Å². The fourth-order valence-corrected chi connectivity index (χ4v) is 3.16. The van der Waals surface area contributed by atoms with Crippen LogP contribution in [0.5, 0.6) is 17.2 Å². The number of fused-ring (bicyclic) bond motifs is 1. The zero-order valence-electron chi connectivity index (χ0n) is 14.1. The summed E-state index contributed by atoms with van der Waals surface area (Å²) in [5, 5.41) is 6.30. The van der Waals surface area contributed by atoms with Crippen LogP contribution < -0.4 is 24.8 Å². The van der Waals surface area contributed by atoms with Crippen molar-refractivity contribution < 1.29 is 23.7 Å². The number of carbonyl (C=O) groups excluding carboxylic acids is 1. The first-order valence-electron chi connectivity index (χ1n) is 8.23. The van der Waals surface area contributed by atoms with Gasteiger partial charge in [0, 0.05) is 26.1 Å². The molecule has 1 aromatic rings. The van der Waals surface area contributed by atoms with E-state index in [0.29, 0.717) is 48.5 Å². The number of ether oxygens (including phenoxy) is 4. The van der Waals surface area contributed by atoms with Gasteiger partial charge >= 0.3 is 0 Å². The molecule has 0 bridgehead atoms. The molecule has 24 heavy (non-hydrogen) atoms. The van der Waals surface area contributed by atoms with Gasteiger partial charge in [-0.05, 0) is 25.1 Å². The van der Waals surface area contributed by atoms with Gasteiger partial charge in [-0.25, -0.2) is 0 Å². The second kappa shape index (κ2) is 7.72. The van der Waals surface area contributed by atoms with E-state index in [1.54, 1.807) is 26.4 Å². The molecule has 2 aliphatic heterocycles. The molecule has 3 rings (SSSR count). The Morgan fingerprint density at radius 3 is 2.83 bits per heavy atom. The second-order valence-corrected chi connectivity index (χ2v) is 5.91. The Morgan fingerprint density at radius 1 is 1.29 bits per heavy atom. The van der Waals surface area contributed by atoms with Gasteiger partial charge in [-0.15, -0.1) is 0 Å². The van der Waals surface area contributed by atoms with Gasteiger partial charge in [-0.1, -0.05) is 0 Å². The van der Waals surface area contributed by atoms with Gasteiger partial charge in [0.05, 0.1) is 18.8 Å². The van der Waals surface area contributed by atoms with Crippen LogP contribution in [0.4, 0.5) is 0 Å². The van der Waals surface area contributed by atoms with Crippen molar-refractivity contribution in [3.63, 3.8) is 0 Å². The fourth-order valence-electron chi connectivity index (χ4n) is 3.16. The standard InChI is InChI=1S/C17H24N2O5/c1-21-13-4-3-12(15-16(13)24-8-7-23-15)17(20)19-9-11-5-6-18-10-14(11)22-2/h3-4,11,14,18H,5-10H2,1-2H3,(H,19,20)/t11-,14+/m0/s1. The Kier molecular flexibility index (Phi) is 5.42. The van der Waals surface area contributed by atoms with Crippen LogP contribution in [-0.2, 0) is 4.74 Å². The lowest BCUT2D eigenvalue weighted by atomic mass is 9.95. The van der Waals surface area contributed by atoms with Crippen molar-refractivity contribution in [1.29, 1.82) is 0 Å². The van der Waals surface area contributed by atoms with Crippen LogP contribution in [-0.4, -0.2) is 59.1 Å². The first-order valence-corrected chi connectivity index (χ1v) is 8.23. The lowest BCUT2D eigenvalue weighted by Crippen LogP contribution is -2.46. The summed E-state index contributed by atoms with van der Waals surface area (Å²) in [4.78, 5) is 12.6. The molecular weight excluding hydrogens is 312 g/mol. The highest BCUT2D eigenvalue weighted by molar-refractivity contribution is 5.98. The third-order valence-electron chi connectivity index (χ3n) is 4.51. The van der Waals surface area contributed by atoms with Gasteiger partial charge in [0.2, 0.25) is 5.75 Å². The first kappa shape index (κ1) is 16.9. The van der Waals surface area contributed by atoms with Gasteiger partial charge < -0.3 is 29.6 Å². The molecule has 0 aromatic heterocycles. The average Bonchev–Trinajstić information content (AvgIpc) is 2.65. The average molecular weight is 336 g/mol. The zero-order chi connectivity index (χ0) is 16.9. The maximum absolute atomic E-state index is 12.6. The summed E-state index contributed by atoms with van der Waals surface area (Å²) in [5.74, 6) is 1.64. The number of benzene rings is 1. The van der Waals surface area contributed by atoms with E-state index in [0.717, 1.165) is 19.5 Å². The minimum atomic E-state index is -0.173. The molecule has 2 atom stereocenters. The first-order chi connectivity index (χ1) is 11.7. The van der Waals surface area contributed by atoms with E-state index in [1.807, 2.05) is 0 Å². The molecule has 0 radical (unpaired) electrons. The maximum atomic E-state index is 12.6. The Morgan fingerprint density at radius 2 is 2.08 bits per heavy atom. The minimum Gasteiger partial charge on any atom is -0.493 e. The van der Waals surface area contributed by atoms with Gasteiger partial charge in [0.15, 0.2) is 11.5 Å². The summed E-state index contributed by atoms with van der Waals surface area (Å²) >= 11 is 0. The summed E-state index contributed by atoms with van der Waals surface area (Å²) < 4.78 is 22.0. The van der Waals surface area contributed by atoms with Crippen LogP contribution in [0.2, 0.25) is 0 Å². The molecule has 0 saturated carbocycles. The molecule has 0 spiro atoms. The van der Waals surface area contributed by atoms with Crippen molar-refractivity contribution >= 4 is 5.91 Å². The summed E-state index contributed by atoms with van der Waals surface area (Å²) in [6.07, 6.45) is 1.09. The Labute approximate surface area is 141 Å². The molecule has 2 heterocycles. The van der Waals surface area contributed by atoms with E-state index in [2.05, 4.69) is 10.6 Å². The number of hydrogen-bond acceptors (Lipinski definition) is 6. The number of hydrogen-bond donors (Lipinski definition) is 2. The molecule has 7 heteroatoms. The lowest BCUT2D eigenvalue weighted by molar-refractivity contribution is 0.0337. The van der Waals surface area contributed by atoms with Crippen LogP contribution in [0.1, 0.15) is 16.8 Å². The minimum absolute atomic E-state index is 0.114. The number of amides is 1. The Hall–Kier alpha value is -1.99. The topological polar surface area (TPSA) is 78.1 Å². The van der Waals surface area contributed by atoms with Crippen LogP contribution in [0.3, 0.4) is 0 Å². The van der Waals surface area contributed by atoms with Crippen molar-refractivity contribution in [2.75, 3.05) is 47.1 Å². The monoisotopic (exact) mass is 336 g/mol. The molecule has 7 nitrogen and oxygen atoms in total. The molecule has 2 aliphatic rings. The number of piperidine rings is 1.